The van der Waals surface area contributed by atoms with Crippen molar-refractivity contribution in [3.8, 4) is 0 Å². The van der Waals surface area contributed by atoms with Crippen molar-refractivity contribution in [2.75, 3.05) is 10.6 Å². The van der Waals surface area contributed by atoms with Gasteiger partial charge in [0.2, 0.25) is 5.91 Å². The third-order valence-electron chi connectivity index (χ3n) is 4.62. The molecule has 4 rings (SSSR count). The van der Waals surface area contributed by atoms with Crippen LogP contribution in [0.25, 0.3) is 10.8 Å². The van der Waals surface area contributed by atoms with Gasteiger partial charge in [0.15, 0.2) is 0 Å². The molecule has 5 heteroatoms. The fourth-order valence-corrected chi connectivity index (χ4v) is 3.69. The quantitative estimate of drug-likeness (QED) is 0.362. The molecule has 29 heavy (non-hydrogen) atoms. The zero-order chi connectivity index (χ0) is 20.2. The van der Waals surface area contributed by atoms with E-state index in [1.54, 1.807) is 18.2 Å². The van der Waals surface area contributed by atoms with Gasteiger partial charge in [-0.15, -0.1) is 0 Å². The van der Waals surface area contributed by atoms with E-state index in [-0.39, 0.29) is 12.3 Å². The van der Waals surface area contributed by atoms with Gasteiger partial charge in [-0.2, -0.15) is 0 Å². The van der Waals surface area contributed by atoms with Gasteiger partial charge in [0.05, 0.1) is 22.2 Å². The molecule has 0 saturated carbocycles. The maximum Gasteiger partial charge on any atom is 0.228 e. The Labute approximate surface area is 179 Å². The van der Waals surface area contributed by atoms with E-state index in [9.17, 15) is 4.79 Å². The number of anilines is 3. The van der Waals surface area contributed by atoms with E-state index in [1.165, 1.54) is 0 Å². The van der Waals surface area contributed by atoms with E-state index in [0.29, 0.717) is 15.7 Å². The van der Waals surface area contributed by atoms with Gasteiger partial charge in [0.1, 0.15) is 0 Å². The Hall–Kier alpha value is -3.01. The number of fused-ring (bicyclic) bond motifs is 1. The molecule has 0 saturated heterocycles. The maximum absolute atomic E-state index is 12.7. The van der Waals surface area contributed by atoms with Gasteiger partial charge >= 0.3 is 0 Å². The second kappa shape index (κ2) is 8.56. The van der Waals surface area contributed by atoms with Gasteiger partial charge in [0, 0.05) is 11.4 Å². The molecule has 0 unspecified atom stereocenters. The summed E-state index contributed by atoms with van der Waals surface area (Å²) in [6, 6.07) is 26.9. The summed E-state index contributed by atoms with van der Waals surface area (Å²) >= 11 is 12.5. The molecule has 4 aromatic carbocycles. The van der Waals surface area contributed by atoms with Crippen molar-refractivity contribution in [1.82, 2.24) is 0 Å². The topological polar surface area (TPSA) is 41.1 Å². The molecular formula is C24H18Cl2N2O. The van der Waals surface area contributed by atoms with Crippen LogP contribution in [0.5, 0.6) is 0 Å². The predicted octanol–water partition coefficient (Wildman–Crippen LogP) is 7.07. The molecule has 0 aliphatic heterocycles. The van der Waals surface area contributed by atoms with Crippen LogP contribution in [0.2, 0.25) is 10.0 Å². The second-order valence-corrected chi connectivity index (χ2v) is 7.48. The summed E-state index contributed by atoms with van der Waals surface area (Å²) in [5.74, 6) is -0.0974. The van der Waals surface area contributed by atoms with E-state index < -0.39 is 0 Å². The van der Waals surface area contributed by atoms with Crippen molar-refractivity contribution in [3.63, 3.8) is 0 Å². The van der Waals surface area contributed by atoms with Crippen LogP contribution in [0.1, 0.15) is 5.56 Å². The molecule has 0 atom stereocenters. The summed E-state index contributed by atoms with van der Waals surface area (Å²) < 4.78 is 0. The number of hydrogen-bond donors (Lipinski definition) is 2. The second-order valence-electron chi connectivity index (χ2n) is 6.67. The lowest BCUT2D eigenvalue weighted by molar-refractivity contribution is -0.115. The molecule has 0 aliphatic rings. The minimum absolute atomic E-state index is 0.0974. The number of carbonyl (C=O) groups is 1. The Morgan fingerprint density at radius 2 is 1.45 bits per heavy atom. The molecule has 0 radical (unpaired) electrons. The maximum atomic E-state index is 12.7. The fourth-order valence-electron chi connectivity index (χ4n) is 3.19. The van der Waals surface area contributed by atoms with E-state index in [2.05, 4.69) is 10.6 Å². The number of hydrogen-bond acceptors (Lipinski definition) is 2. The van der Waals surface area contributed by atoms with Crippen molar-refractivity contribution in [2.24, 2.45) is 0 Å². The highest BCUT2D eigenvalue weighted by atomic mass is 35.5. The number of benzene rings is 4. The summed E-state index contributed by atoms with van der Waals surface area (Å²) in [6.07, 6.45) is 0.220. The molecule has 2 N–H and O–H groups in total. The molecule has 0 fully saturated rings. The normalized spacial score (nSPS) is 10.7. The van der Waals surface area contributed by atoms with Crippen LogP contribution in [0.3, 0.4) is 0 Å². The number of nitrogens with one attached hydrogen (secondary N) is 2. The Bertz CT molecular complexity index is 1170. The van der Waals surface area contributed by atoms with E-state index in [4.69, 9.17) is 23.2 Å². The molecule has 0 bridgehead atoms. The summed E-state index contributed by atoms with van der Waals surface area (Å²) in [7, 11) is 0. The van der Waals surface area contributed by atoms with Crippen LogP contribution in [-0.4, -0.2) is 5.91 Å². The molecule has 144 valence electrons. The van der Waals surface area contributed by atoms with Crippen molar-refractivity contribution in [2.45, 2.75) is 6.42 Å². The molecule has 1 amide bonds. The van der Waals surface area contributed by atoms with Gasteiger partial charge in [0.25, 0.3) is 0 Å². The number of para-hydroxylation sites is 2. The first-order valence-corrected chi connectivity index (χ1v) is 9.93. The van der Waals surface area contributed by atoms with Gasteiger partial charge in [-0.1, -0.05) is 77.8 Å². The average molecular weight is 421 g/mol. The van der Waals surface area contributed by atoms with Crippen LogP contribution in [0.15, 0.2) is 84.9 Å². The van der Waals surface area contributed by atoms with Gasteiger partial charge < -0.3 is 10.6 Å². The molecule has 0 heterocycles. The minimum atomic E-state index is -0.0974. The lowest BCUT2D eigenvalue weighted by atomic mass is 10.1. The molecule has 0 aliphatic carbocycles. The Morgan fingerprint density at radius 3 is 2.24 bits per heavy atom. The summed E-state index contributed by atoms with van der Waals surface area (Å²) in [5.41, 5.74) is 3.03. The lowest BCUT2D eigenvalue weighted by Crippen LogP contribution is -2.15. The van der Waals surface area contributed by atoms with Gasteiger partial charge in [-0.05, 0) is 46.7 Å². The standard InChI is InChI=1S/C24H18Cl2N2O/c25-20-9-5-10-21(26)24(20)28-22-11-4-3-8-18(22)15-23(29)27-19-13-12-16-6-1-2-7-17(16)14-19/h1-14,28H,15H2,(H,27,29). The Morgan fingerprint density at radius 1 is 0.759 bits per heavy atom. The summed E-state index contributed by atoms with van der Waals surface area (Å²) in [6.45, 7) is 0. The molecule has 0 spiro atoms. The Balaban J connectivity index is 1.52. The highest BCUT2D eigenvalue weighted by Crippen LogP contribution is 2.33. The number of carbonyl (C=O) groups excluding carboxylic acids is 1. The Kier molecular flexibility index (Phi) is 5.70. The first-order chi connectivity index (χ1) is 14.1. The fraction of sp³-hybridized carbons (Fsp3) is 0.0417. The third kappa shape index (κ3) is 4.53. The predicted molar refractivity (Wildman–Crippen MR) is 122 cm³/mol. The largest absolute Gasteiger partial charge is 0.353 e. The van der Waals surface area contributed by atoms with Gasteiger partial charge in [-0.3, -0.25) is 4.79 Å². The number of halogens is 2. The molecule has 4 aromatic rings. The number of rotatable bonds is 5. The van der Waals surface area contributed by atoms with E-state index >= 15 is 0 Å². The average Bonchev–Trinajstić information content (AvgIpc) is 2.72. The highest BCUT2D eigenvalue weighted by molar-refractivity contribution is 6.39. The zero-order valence-electron chi connectivity index (χ0n) is 15.5. The van der Waals surface area contributed by atoms with Gasteiger partial charge in [-0.25, -0.2) is 0 Å². The van der Waals surface area contributed by atoms with Crippen LogP contribution < -0.4 is 10.6 Å². The van der Waals surface area contributed by atoms with Crippen LogP contribution >= 0.6 is 23.2 Å². The molecular weight excluding hydrogens is 403 g/mol. The molecule has 0 aromatic heterocycles. The highest BCUT2D eigenvalue weighted by Gasteiger charge is 2.11. The van der Waals surface area contributed by atoms with Crippen molar-refractivity contribution in [3.05, 3.63) is 101 Å². The van der Waals surface area contributed by atoms with Crippen LogP contribution in [0, 0.1) is 0 Å². The first kappa shape index (κ1) is 19.3. The third-order valence-corrected chi connectivity index (χ3v) is 5.25. The van der Waals surface area contributed by atoms with E-state index in [1.807, 2.05) is 66.7 Å². The minimum Gasteiger partial charge on any atom is -0.353 e. The van der Waals surface area contributed by atoms with Crippen LogP contribution in [-0.2, 0) is 11.2 Å². The number of amides is 1. The molecule has 3 nitrogen and oxygen atoms in total. The van der Waals surface area contributed by atoms with Crippen molar-refractivity contribution >= 4 is 56.9 Å². The van der Waals surface area contributed by atoms with E-state index in [0.717, 1.165) is 27.7 Å². The summed E-state index contributed by atoms with van der Waals surface area (Å²) in [4.78, 5) is 12.7. The first-order valence-electron chi connectivity index (χ1n) is 9.18. The summed E-state index contributed by atoms with van der Waals surface area (Å²) in [5, 5.41) is 9.50. The zero-order valence-corrected chi connectivity index (χ0v) is 17.0. The monoisotopic (exact) mass is 420 g/mol. The lowest BCUT2D eigenvalue weighted by Gasteiger charge is -2.14. The SMILES string of the molecule is O=C(Cc1ccccc1Nc1c(Cl)cccc1Cl)Nc1ccc2ccccc2c1. The van der Waals surface area contributed by atoms with Crippen LogP contribution in [0.4, 0.5) is 17.1 Å². The smallest absolute Gasteiger partial charge is 0.228 e. The van der Waals surface area contributed by atoms with Crippen molar-refractivity contribution in [1.29, 1.82) is 0 Å². The van der Waals surface area contributed by atoms with Crippen molar-refractivity contribution < 1.29 is 4.79 Å².